The van der Waals surface area contributed by atoms with Crippen LogP contribution >= 0.6 is 0 Å². The van der Waals surface area contributed by atoms with Gasteiger partial charge in [-0.1, -0.05) is 0 Å². The molecule has 0 atom stereocenters. The van der Waals surface area contributed by atoms with E-state index in [-0.39, 0.29) is 6.61 Å². The Morgan fingerprint density at radius 1 is 1.10 bits per heavy atom. The van der Waals surface area contributed by atoms with Gasteiger partial charge >= 0.3 is 12.3 Å². The van der Waals surface area contributed by atoms with Crippen molar-refractivity contribution in [3.05, 3.63) is 49.1 Å². The van der Waals surface area contributed by atoms with Crippen molar-refractivity contribution in [3.8, 4) is 11.5 Å². The minimum atomic E-state index is -1.21. The molecule has 0 fully saturated rings. The fourth-order valence-electron chi connectivity index (χ4n) is 1.41. The highest BCUT2D eigenvalue weighted by molar-refractivity contribution is 5.74. The Morgan fingerprint density at radius 3 is 2.05 bits per heavy atom. The lowest BCUT2D eigenvalue weighted by atomic mass is 10.4. The molecule has 0 aliphatic heterocycles. The number of carbonyl (C=O) groups is 1. The highest BCUT2D eigenvalue weighted by Gasteiger charge is 2.24. The standard InChI is InChI=1S/C14H14N2O4/c1-2-18-13(17)14(19-11-5-3-7-15-9-11)20-12-6-4-8-16-10-12/h3-10,14H,2H2,1H3. The molecule has 0 aliphatic carbocycles. The minimum Gasteiger partial charge on any atom is -0.460 e. The number of esters is 1. The van der Waals surface area contributed by atoms with E-state index in [0.29, 0.717) is 11.5 Å². The van der Waals surface area contributed by atoms with Crippen LogP contribution < -0.4 is 9.47 Å². The summed E-state index contributed by atoms with van der Waals surface area (Å²) in [4.78, 5) is 19.6. The third-order valence-electron chi connectivity index (χ3n) is 2.23. The molecule has 6 heteroatoms. The number of rotatable bonds is 6. The Kier molecular flexibility index (Phi) is 4.88. The van der Waals surface area contributed by atoms with E-state index in [2.05, 4.69) is 9.97 Å². The summed E-state index contributed by atoms with van der Waals surface area (Å²) in [6.45, 7) is 1.95. The maximum absolute atomic E-state index is 11.8. The molecule has 0 amide bonds. The van der Waals surface area contributed by atoms with E-state index in [0.717, 1.165) is 0 Å². The Balaban J connectivity index is 2.10. The smallest absolute Gasteiger partial charge is 0.389 e. The first kappa shape index (κ1) is 13.8. The highest BCUT2D eigenvalue weighted by atomic mass is 16.7. The van der Waals surface area contributed by atoms with E-state index in [1.54, 1.807) is 43.6 Å². The highest BCUT2D eigenvalue weighted by Crippen LogP contribution is 2.15. The van der Waals surface area contributed by atoms with Crippen LogP contribution in [0.3, 0.4) is 0 Å². The van der Waals surface area contributed by atoms with Gasteiger partial charge in [-0.05, 0) is 31.2 Å². The van der Waals surface area contributed by atoms with Crippen molar-refractivity contribution in [3.63, 3.8) is 0 Å². The second-order valence-corrected chi connectivity index (χ2v) is 3.70. The van der Waals surface area contributed by atoms with Crippen LogP contribution in [0.2, 0.25) is 0 Å². The fraction of sp³-hybridized carbons (Fsp3) is 0.214. The van der Waals surface area contributed by atoms with Gasteiger partial charge in [0, 0.05) is 12.4 Å². The van der Waals surface area contributed by atoms with Crippen molar-refractivity contribution in [2.75, 3.05) is 6.61 Å². The van der Waals surface area contributed by atoms with Gasteiger partial charge in [-0.3, -0.25) is 9.97 Å². The zero-order chi connectivity index (χ0) is 14.2. The molecule has 2 rings (SSSR count). The van der Waals surface area contributed by atoms with Crippen LogP contribution in [0.1, 0.15) is 6.92 Å². The summed E-state index contributed by atoms with van der Waals surface area (Å²) in [5.41, 5.74) is 0. The van der Waals surface area contributed by atoms with Gasteiger partial charge in [0.25, 0.3) is 0 Å². The molecule has 0 radical (unpaired) electrons. The Bertz CT molecular complexity index is 492. The first-order chi connectivity index (χ1) is 9.79. The molecular formula is C14H14N2O4. The van der Waals surface area contributed by atoms with Gasteiger partial charge in [0.2, 0.25) is 0 Å². The molecule has 0 saturated carbocycles. The maximum atomic E-state index is 11.8. The number of ether oxygens (including phenoxy) is 3. The lowest BCUT2D eigenvalue weighted by Gasteiger charge is -2.18. The third kappa shape index (κ3) is 3.94. The zero-order valence-corrected chi connectivity index (χ0v) is 10.9. The molecular weight excluding hydrogens is 260 g/mol. The van der Waals surface area contributed by atoms with E-state index in [1.807, 2.05) is 0 Å². The lowest BCUT2D eigenvalue weighted by molar-refractivity contribution is -0.165. The van der Waals surface area contributed by atoms with E-state index in [9.17, 15) is 4.79 Å². The topological polar surface area (TPSA) is 70.5 Å². The molecule has 2 aromatic heterocycles. The molecule has 0 aromatic carbocycles. The van der Waals surface area contributed by atoms with Crippen molar-refractivity contribution in [2.24, 2.45) is 0 Å². The largest absolute Gasteiger partial charge is 0.460 e. The number of hydrogen-bond donors (Lipinski definition) is 0. The molecule has 0 saturated heterocycles. The van der Waals surface area contributed by atoms with Gasteiger partial charge in [-0.15, -0.1) is 0 Å². The summed E-state index contributed by atoms with van der Waals surface area (Å²) in [6, 6.07) is 6.74. The van der Waals surface area contributed by atoms with Gasteiger partial charge in [-0.25, -0.2) is 4.79 Å². The first-order valence-electron chi connectivity index (χ1n) is 6.09. The van der Waals surface area contributed by atoms with Crippen LogP contribution in [0.4, 0.5) is 0 Å². The van der Waals surface area contributed by atoms with Crippen LogP contribution in [0.15, 0.2) is 49.1 Å². The molecule has 2 aromatic rings. The quantitative estimate of drug-likeness (QED) is 0.591. The van der Waals surface area contributed by atoms with Gasteiger partial charge in [0.15, 0.2) is 0 Å². The second-order valence-electron chi connectivity index (χ2n) is 3.70. The fourth-order valence-corrected chi connectivity index (χ4v) is 1.41. The Labute approximate surface area is 116 Å². The molecule has 0 N–H and O–H groups in total. The average molecular weight is 274 g/mol. The van der Waals surface area contributed by atoms with Crippen molar-refractivity contribution in [2.45, 2.75) is 13.2 Å². The number of nitrogens with zero attached hydrogens (tertiary/aromatic N) is 2. The van der Waals surface area contributed by atoms with Crippen LogP contribution in [-0.2, 0) is 9.53 Å². The summed E-state index contributed by atoms with van der Waals surface area (Å²) in [6.07, 6.45) is 4.98. The van der Waals surface area contributed by atoms with Crippen LogP contribution in [0.5, 0.6) is 11.5 Å². The predicted molar refractivity (Wildman–Crippen MR) is 70.2 cm³/mol. The van der Waals surface area contributed by atoms with Gasteiger partial charge in [-0.2, -0.15) is 0 Å². The molecule has 0 aliphatic rings. The normalized spacial score (nSPS) is 10.1. The minimum absolute atomic E-state index is 0.238. The van der Waals surface area contributed by atoms with Crippen molar-refractivity contribution in [1.82, 2.24) is 9.97 Å². The van der Waals surface area contributed by atoms with Crippen molar-refractivity contribution in [1.29, 1.82) is 0 Å². The molecule has 0 bridgehead atoms. The molecule has 0 unspecified atom stereocenters. The summed E-state index contributed by atoms with van der Waals surface area (Å²) < 4.78 is 15.8. The summed E-state index contributed by atoms with van der Waals surface area (Å²) in [5, 5.41) is 0. The van der Waals surface area contributed by atoms with Crippen LogP contribution in [-0.4, -0.2) is 28.8 Å². The third-order valence-corrected chi connectivity index (χ3v) is 2.23. The summed E-state index contributed by atoms with van der Waals surface area (Å²) >= 11 is 0. The SMILES string of the molecule is CCOC(=O)C(Oc1cccnc1)Oc1cccnc1. The molecule has 2 heterocycles. The molecule has 0 spiro atoms. The van der Waals surface area contributed by atoms with Gasteiger partial charge < -0.3 is 14.2 Å². The number of aromatic nitrogens is 2. The predicted octanol–water partition coefficient (Wildman–Crippen LogP) is 1.82. The zero-order valence-electron chi connectivity index (χ0n) is 10.9. The van der Waals surface area contributed by atoms with Crippen molar-refractivity contribution < 1.29 is 19.0 Å². The van der Waals surface area contributed by atoms with E-state index in [1.165, 1.54) is 12.4 Å². The number of carbonyl (C=O) groups excluding carboxylic acids is 1. The van der Waals surface area contributed by atoms with Gasteiger partial charge in [0.1, 0.15) is 11.5 Å². The lowest BCUT2D eigenvalue weighted by Crippen LogP contribution is -2.35. The van der Waals surface area contributed by atoms with Crippen LogP contribution in [0.25, 0.3) is 0 Å². The average Bonchev–Trinajstić information content (AvgIpc) is 2.49. The monoisotopic (exact) mass is 274 g/mol. The second kappa shape index (κ2) is 7.08. The van der Waals surface area contributed by atoms with E-state index in [4.69, 9.17) is 14.2 Å². The summed E-state index contributed by atoms with van der Waals surface area (Å²) in [7, 11) is 0. The van der Waals surface area contributed by atoms with Crippen LogP contribution in [0, 0.1) is 0 Å². The number of pyridine rings is 2. The summed E-state index contributed by atoms with van der Waals surface area (Å²) in [5.74, 6) is 0.212. The molecule has 20 heavy (non-hydrogen) atoms. The van der Waals surface area contributed by atoms with Gasteiger partial charge in [0.05, 0.1) is 19.0 Å². The van der Waals surface area contributed by atoms with Crippen molar-refractivity contribution >= 4 is 5.97 Å². The first-order valence-corrected chi connectivity index (χ1v) is 6.09. The Hall–Kier alpha value is -2.63. The molecule has 6 nitrogen and oxygen atoms in total. The number of hydrogen-bond acceptors (Lipinski definition) is 6. The molecule has 104 valence electrons. The maximum Gasteiger partial charge on any atom is 0.389 e. The Morgan fingerprint density at radius 2 is 1.65 bits per heavy atom. The van der Waals surface area contributed by atoms with E-state index >= 15 is 0 Å². The van der Waals surface area contributed by atoms with E-state index < -0.39 is 12.3 Å².